The van der Waals surface area contributed by atoms with Gasteiger partial charge in [-0.2, -0.15) is 0 Å². The average molecular weight is 243 g/mol. The van der Waals surface area contributed by atoms with Gasteiger partial charge in [-0.15, -0.1) is 0 Å². The van der Waals surface area contributed by atoms with E-state index in [4.69, 9.17) is 9.84 Å². The van der Waals surface area contributed by atoms with Gasteiger partial charge in [0.2, 0.25) is 0 Å². The quantitative estimate of drug-likeness (QED) is 0.659. The highest BCUT2D eigenvalue weighted by atomic mass is 16.6. The standard InChI is InChI=1S/C11H17NO5/c1-10(2,3)17-9(15)12-6-4-5-11(16,7-12)8(13)14/h4-5,16H,6-7H2,1-3H3,(H,13,14). The SMILES string of the molecule is CC(C)(C)OC(=O)N1CC=CC(O)(C(=O)O)C1. The van der Waals surface area contributed by atoms with Crippen LogP contribution < -0.4 is 0 Å². The lowest BCUT2D eigenvalue weighted by Crippen LogP contribution is -2.53. The predicted octanol–water partition coefficient (Wildman–Crippen LogP) is 0.609. The van der Waals surface area contributed by atoms with Crippen molar-refractivity contribution in [2.45, 2.75) is 32.0 Å². The van der Waals surface area contributed by atoms with Gasteiger partial charge in [-0.1, -0.05) is 6.08 Å². The molecule has 0 bridgehead atoms. The predicted molar refractivity (Wildman–Crippen MR) is 59.5 cm³/mol. The van der Waals surface area contributed by atoms with Crippen molar-refractivity contribution in [3.8, 4) is 0 Å². The van der Waals surface area contributed by atoms with E-state index in [0.717, 1.165) is 4.90 Å². The maximum Gasteiger partial charge on any atom is 0.410 e. The lowest BCUT2D eigenvalue weighted by atomic mass is 10.0. The zero-order valence-corrected chi connectivity index (χ0v) is 10.1. The molecule has 1 aliphatic heterocycles. The van der Waals surface area contributed by atoms with Crippen LogP contribution in [0.25, 0.3) is 0 Å². The number of carbonyl (C=O) groups excluding carboxylic acids is 1. The van der Waals surface area contributed by atoms with Crippen molar-refractivity contribution in [3.63, 3.8) is 0 Å². The minimum absolute atomic E-state index is 0.227. The molecule has 17 heavy (non-hydrogen) atoms. The van der Waals surface area contributed by atoms with Crippen LogP contribution in [0.1, 0.15) is 20.8 Å². The van der Waals surface area contributed by atoms with Gasteiger partial charge in [0.05, 0.1) is 6.54 Å². The van der Waals surface area contributed by atoms with E-state index in [1.54, 1.807) is 20.8 Å². The largest absolute Gasteiger partial charge is 0.479 e. The number of aliphatic hydroxyl groups is 1. The van der Waals surface area contributed by atoms with Crippen molar-refractivity contribution in [1.29, 1.82) is 0 Å². The van der Waals surface area contributed by atoms with E-state index < -0.39 is 23.3 Å². The summed E-state index contributed by atoms with van der Waals surface area (Å²) in [6.07, 6.45) is 1.97. The van der Waals surface area contributed by atoms with E-state index >= 15 is 0 Å². The van der Waals surface area contributed by atoms with Gasteiger partial charge in [0.15, 0.2) is 5.60 Å². The zero-order valence-electron chi connectivity index (χ0n) is 10.1. The number of hydrogen-bond donors (Lipinski definition) is 2. The van der Waals surface area contributed by atoms with Crippen molar-refractivity contribution < 1.29 is 24.5 Å². The molecule has 1 unspecified atom stereocenters. The summed E-state index contributed by atoms with van der Waals surface area (Å²) in [7, 11) is 0. The first-order valence-corrected chi connectivity index (χ1v) is 5.25. The molecule has 0 aliphatic carbocycles. The number of rotatable bonds is 1. The Balaban J connectivity index is 2.73. The monoisotopic (exact) mass is 243 g/mol. The summed E-state index contributed by atoms with van der Waals surface area (Å²) < 4.78 is 5.10. The van der Waals surface area contributed by atoms with E-state index in [-0.39, 0.29) is 13.1 Å². The van der Waals surface area contributed by atoms with Crippen molar-refractivity contribution in [1.82, 2.24) is 4.90 Å². The number of aliphatic carboxylic acids is 1. The molecule has 1 amide bonds. The van der Waals surface area contributed by atoms with Crippen LogP contribution >= 0.6 is 0 Å². The van der Waals surface area contributed by atoms with Gasteiger partial charge < -0.3 is 19.8 Å². The molecule has 1 rings (SSSR count). The van der Waals surface area contributed by atoms with Crippen LogP contribution in [0.2, 0.25) is 0 Å². The second kappa shape index (κ2) is 4.37. The molecule has 0 aromatic rings. The van der Waals surface area contributed by atoms with Crippen molar-refractivity contribution >= 4 is 12.1 Å². The van der Waals surface area contributed by atoms with Crippen LogP contribution in [-0.4, -0.2) is 51.5 Å². The number of nitrogens with zero attached hydrogens (tertiary/aromatic N) is 1. The Bertz CT molecular complexity index is 357. The van der Waals surface area contributed by atoms with Crippen LogP contribution in [0.4, 0.5) is 4.79 Å². The lowest BCUT2D eigenvalue weighted by molar-refractivity contribution is -0.155. The summed E-state index contributed by atoms with van der Waals surface area (Å²) in [5, 5.41) is 18.6. The third-order valence-electron chi connectivity index (χ3n) is 2.17. The molecule has 1 heterocycles. The zero-order chi connectivity index (χ0) is 13.3. The summed E-state index contributed by atoms with van der Waals surface area (Å²) >= 11 is 0. The Morgan fingerprint density at radius 3 is 2.47 bits per heavy atom. The third-order valence-corrected chi connectivity index (χ3v) is 2.17. The number of carbonyl (C=O) groups is 2. The van der Waals surface area contributed by atoms with Crippen LogP contribution in [0.3, 0.4) is 0 Å². The Morgan fingerprint density at radius 1 is 1.41 bits per heavy atom. The second-order valence-electron chi connectivity index (χ2n) is 4.99. The summed E-state index contributed by atoms with van der Waals surface area (Å²) in [4.78, 5) is 23.7. The normalized spacial score (nSPS) is 24.6. The number of ether oxygens (including phenoxy) is 1. The molecule has 0 spiro atoms. The fourth-order valence-electron chi connectivity index (χ4n) is 1.39. The molecule has 1 aliphatic rings. The number of carboxylic acids is 1. The highest BCUT2D eigenvalue weighted by molar-refractivity contribution is 5.81. The first kappa shape index (κ1) is 13.5. The second-order valence-corrected chi connectivity index (χ2v) is 4.99. The lowest BCUT2D eigenvalue weighted by Gasteiger charge is -2.33. The van der Waals surface area contributed by atoms with Gasteiger partial charge in [-0.3, -0.25) is 0 Å². The number of β-amino-alcohol motifs (C(OH)–C–C–N with tert-alkyl or cyclic N) is 1. The van der Waals surface area contributed by atoms with Crippen molar-refractivity contribution in [2.75, 3.05) is 13.1 Å². The first-order chi connectivity index (χ1) is 7.64. The summed E-state index contributed by atoms with van der Waals surface area (Å²) in [6, 6.07) is 0. The molecular weight excluding hydrogens is 226 g/mol. The topological polar surface area (TPSA) is 87.1 Å². The number of hydrogen-bond acceptors (Lipinski definition) is 4. The molecule has 0 fully saturated rings. The summed E-state index contributed by atoms with van der Waals surface area (Å²) in [5.41, 5.74) is -2.69. The number of carboxylic acid groups (broad SMARTS) is 1. The van der Waals surface area contributed by atoms with Gasteiger partial charge in [-0.25, -0.2) is 9.59 Å². The molecular formula is C11H17NO5. The van der Waals surface area contributed by atoms with E-state index in [2.05, 4.69) is 0 Å². The number of amides is 1. The molecule has 6 heteroatoms. The highest BCUT2D eigenvalue weighted by Crippen LogP contribution is 2.18. The molecule has 96 valence electrons. The van der Waals surface area contributed by atoms with Gasteiger partial charge in [0.25, 0.3) is 0 Å². The third kappa shape index (κ3) is 3.45. The minimum atomic E-state index is -2.03. The molecule has 2 N–H and O–H groups in total. The van der Waals surface area contributed by atoms with Crippen LogP contribution in [0, 0.1) is 0 Å². The van der Waals surface area contributed by atoms with Crippen LogP contribution in [0.15, 0.2) is 12.2 Å². The van der Waals surface area contributed by atoms with E-state index in [1.807, 2.05) is 0 Å². The molecule has 0 aromatic carbocycles. The van der Waals surface area contributed by atoms with Gasteiger partial charge >= 0.3 is 12.1 Å². The Morgan fingerprint density at radius 2 is 2.00 bits per heavy atom. The van der Waals surface area contributed by atoms with E-state index in [9.17, 15) is 14.7 Å². The van der Waals surface area contributed by atoms with Gasteiger partial charge in [-0.05, 0) is 26.8 Å². The fourth-order valence-corrected chi connectivity index (χ4v) is 1.39. The molecule has 0 aromatic heterocycles. The Labute approximate surface area is 99.5 Å². The van der Waals surface area contributed by atoms with Crippen molar-refractivity contribution in [3.05, 3.63) is 12.2 Å². The molecule has 0 saturated carbocycles. The fraction of sp³-hybridized carbons (Fsp3) is 0.636. The van der Waals surface area contributed by atoms with Gasteiger partial charge in [0.1, 0.15) is 5.60 Å². The van der Waals surface area contributed by atoms with Crippen LogP contribution in [0.5, 0.6) is 0 Å². The first-order valence-electron chi connectivity index (χ1n) is 5.25. The molecule has 1 atom stereocenters. The average Bonchev–Trinajstić information content (AvgIpc) is 2.15. The smallest absolute Gasteiger partial charge is 0.410 e. The van der Waals surface area contributed by atoms with Crippen molar-refractivity contribution in [2.24, 2.45) is 0 Å². The van der Waals surface area contributed by atoms with Crippen LogP contribution in [-0.2, 0) is 9.53 Å². The maximum absolute atomic E-state index is 11.7. The maximum atomic E-state index is 11.7. The Hall–Kier alpha value is -1.56. The Kier molecular flexibility index (Phi) is 3.47. The molecule has 0 radical (unpaired) electrons. The van der Waals surface area contributed by atoms with Gasteiger partial charge in [0, 0.05) is 6.54 Å². The van der Waals surface area contributed by atoms with E-state index in [0.29, 0.717) is 0 Å². The molecule has 0 saturated heterocycles. The molecule has 6 nitrogen and oxygen atoms in total. The summed E-state index contributed by atoms with van der Waals surface area (Å²) in [6.45, 7) is 5.06. The highest BCUT2D eigenvalue weighted by Gasteiger charge is 2.39. The van der Waals surface area contributed by atoms with E-state index in [1.165, 1.54) is 12.2 Å². The minimum Gasteiger partial charge on any atom is -0.479 e. The summed E-state index contributed by atoms with van der Waals surface area (Å²) in [5.74, 6) is -1.39.